The van der Waals surface area contributed by atoms with Crippen molar-refractivity contribution in [1.29, 1.82) is 5.26 Å². The number of aromatic nitrogens is 1. The molecule has 86 valence electrons. The third-order valence-electron chi connectivity index (χ3n) is 2.92. The van der Waals surface area contributed by atoms with Crippen molar-refractivity contribution in [2.45, 2.75) is 19.4 Å². The lowest BCUT2D eigenvalue weighted by Gasteiger charge is -2.19. The molecule has 2 atom stereocenters. The van der Waals surface area contributed by atoms with Gasteiger partial charge in [0, 0.05) is 12.6 Å². The monoisotopic (exact) mass is 256 g/mol. The molecule has 1 aromatic heterocycles. The van der Waals surface area contributed by atoms with Crippen molar-refractivity contribution in [2.24, 2.45) is 11.7 Å². The number of halogens is 1. The summed E-state index contributed by atoms with van der Waals surface area (Å²) in [6.07, 6.45) is 1.08. The predicted molar refractivity (Wildman–Crippen MR) is 65.8 cm³/mol. The summed E-state index contributed by atoms with van der Waals surface area (Å²) in [5.74, 6) is 0.517. The second-order valence-corrected chi connectivity index (χ2v) is 5.40. The van der Waals surface area contributed by atoms with Crippen LogP contribution >= 0.6 is 22.9 Å². The molecular formula is C10H13ClN4S. The Morgan fingerprint density at radius 1 is 1.75 bits per heavy atom. The molecule has 6 heteroatoms. The van der Waals surface area contributed by atoms with Crippen molar-refractivity contribution in [2.75, 3.05) is 18.0 Å². The second-order valence-electron chi connectivity index (χ2n) is 4.07. The summed E-state index contributed by atoms with van der Waals surface area (Å²) in [5, 5.41) is 9.99. The van der Waals surface area contributed by atoms with Gasteiger partial charge in [-0.25, -0.2) is 4.98 Å². The van der Waals surface area contributed by atoms with E-state index < -0.39 is 0 Å². The molecule has 0 amide bonds. The van der Waals surface area contributed by atoms with Crippen LogP contribution in [-0.2, 0) is 0 Å². The second kappa shape index (κ2) is 4.58. The van der Waals surface area contributed by atoms with Gasteiger partial charge in [0.2, 0.25) is 0 Å². The van der Waals surface area contributed by atoms with Crippen molar-refractivity contribution < 1.29 is 0 Å². The Morgan fingerprint density at radius 3 is 3.00 bits per heavy atom. The van der Waals surface area contributed by atoms with Crippen molar-refractivity contribution >= 4 is 28.1 Å². The zero-order valence-electron chi connectivity index (χ0n) is 8.98. The maximum Gasteiger partial charge on any atom is 0.188 e. The van der Waals surface area contributed by atoms with Crippen LogP contribution in [0.3, 0.4) is 0 Å². The van der Waals surface area contributed by atoms with E-state index in [2.05, 4.69) is 22.9 Å². The van der Waals surface area contributed by atoms with Crippen molar-refractivity contribution in [3.05, 3.63) is 10.0 Å². The van der Waals surface area contributed by atoms with Crippen LogP contribution in [0.25, 0.3) is 0 Å². The number of rotatable bonds is 2. The van der Waals surface area contributed by atoms with E-state index in [1.807, 2.05) is 0 Å². The molecule has 4 nitrogen and oxygen atoms in total. The van der Waals surface area contributed by atoms with E-state index in [1.165, 1.54) is 11.3 Å². The van der Waals surface area contributed by atoms with E-state index in [0.717, 1.165) is 18.1 Å². The molecular weight excluding hydrogens is 244 g/mol. The average Bonchev–Trinajstić information content (AvgIpc) is 2.81. The average molecular weight is 257 g/mol. The summed E-state index contributed by atoms with van der Waals surface area (Å²) in [5.41, 5.74) is 5.68. The molecule has 2 unspecified atom stereocenters. The van der Waals surface area contributed by atoms with Gasteiger partial charge >= 0.3 is 0 Å². The normalized spacial score (nSPS) is 24.8. The van der Waals surface area contributed by atoms with Crippen molar-refractivity contribution in [1.82, 2.24) is 4.98 Å². The van der Waals surface area contributed by atoms with Crippen LogP contribution in [0.4, 0.5) is 5.13 Å². The van der Waals surface area contributed by atoms with Gasteiger partial charge in [-0.2, -0.15) is 5.26 Å². The molecule has 1 aromatic rings. The van der Waals surface area contributed by atoms with Crippen molar-refractivity contribution in [3.8, 4) is 6.07 Å². The van der Waals surface area contributed by atoms with Crippen LogP contribution in [0.2, 0.25) is 5.15 Å². The highest BCUT2D eigenvalue weighted by Crippen LogP contribution is 2.34. The van der Waals surface area contributed by atoms with Crippen LogP contribution in [-0.4, -0.2) is 24.1 Å². The maximum atomic E-state index is 8.84. The van der Waals surface area contributed by atoms with Gasteiger partial charge in [0.25, 0.3) is 0 Å². The fourth-order valence-corrected chi connectivity index (χ4v) is 3.22. The first-order chi connectivity index (χ1) is 7.65. The number of thiazole rings is 1. The summed E-state index contributed by atoms with van der Waals surface area (Å²) >= 11 is 7.22. The maximum absolute atomic E-state index is 8.84. The summed E-state index contributed by atoms with van der Waals surface area (Å²) in [6.45, 7) is 3.76. The lowest BCUT2D eigenvalue weighted by molar-refractivity contribution is 0.579. The molecule has 1 fully saturated rings. The van der Waals surface area contributed by atoms with Gasteiger partial charge in [-0.05, 0) is 25.8 Å². The number of nitrogens with two attached hydrogens (primary N) is 1. The molecule has 0 aliphatic carbocycles. The summed E-state index contributed by atoms with van der Waals surface area (Å²) < 4.78 is 0. The van der Waals surface area contributed by atoms with Crippen molar-refractivity contribution in [3.63, 3.8) is 0 Å². The molecule has 2 N–H and O–H groups in total. The molecule has 0 radical (unpaired) electrons. The Kier molecular flexibility index (Phi) is 3.33. The highest BCUT2D eigenvalue weighted by Gasteiger charge is 2.30. The molecule has 16 heavy (non-hydrogen) atoms. The molecule has 0 bridgehead atoms. The fraction of sp³-hybridized carbons (Fsp3) is 0.600. The first-order valence-electron chi connectivity index (χ1n) is 5.18. The summed E-state index contributed by atoms with van der Waals surface area (Å²) in [4.78, 5) is 6.90. The Balaban J connectivity index is 2.21. The largest absolute Gasteiger partial charge is 0.345 e. The zero-order valence-corrected chi connectivity index (χ0v) is 10.6. The smallest absolute Gasteiger partial charge is 0.188 e. The van der Waals surface area contributed by atoms with Crippen LogP contribution < -0.4 is 10.6 Å². The predicted octanol–water partition coefficient (Wildman–Crippen LogP) is 1.84. The number of nitriles is 1. The van der Waals surface area contributed by atoms with E-state index >= 15 is 0 Å². The highest BCUT2D eigenvalue weighted by molar-refractivity contribution is 7.16. The lowest BCUT2D eigenvalue weighted by Crippen LogP contribution is -2.27. The van der Waals surface area contributed by atoms with Crippen LogP contribution in [0, 0.1) is 17.2 Å². The van der Waals surface area contributed by atoms with Crippen LogP contribution in [0.15, 0.2) is 0 Å². The molecule has 1 aliphatic rings. The lowest BCUT2D eigenvalue weighted by atomic mass is 10.1. The first kappa shape index (κ1) is 11.6. The minimum Gasteiger partial charge on any atom is -0.345 e. The molecule has 0 saturated carbocycles. The SMILES string of the molecule is CC1CC(CN)CN1c1nc(Cl)c(C#N)s1. The van der Waals surface area contributed by atoms with E-state index in [-0.39, 0.29) is 0 Å². The topological polar surface area (TPSA) is 65.9 Å². The van der Waals surface area contributed by atoms with Gasteiger partial charge in [0.1, 0.15) is 10.9 Å². The minimum atomic E-state index is 0.311. The molecule has 2 rings (SSSR count). The first-order valence-corrected chi connectivity index (χ1v) is 6.38. The van der Waals surface area contributed by atoms with Gasteiger partial charge in [0.05, 0.1) is 0 Å². The summed E-state index contributed by atoms with van der Waals surface area (Å²) in [6, 6.07) is 2.47. The Labute approximate surface area is 104 Å². The summed E-state index contributed by atoms with van der Waals surface area (Å²) in [7, 11) is 0. The number of hydrogen-bond acceptors (Lipinski definition) is 5. The minimum absolute atomic E-state index is 0.311. The van der Waals surface area contributed by atoms with E-state index in [1.54, 1.807) is 0 Å². The van der Waals surface area contributed by atoms with E-state index in [4.69, 9.17) is 22.6 Å². The Morgan fingerprint density at radius 2 is 2.50 bits per heavy atom. The van der Waals surface area contributed by atoms with Gasteiger partial charge in [-0.1, -0.05) is 22.9 Å². The molecule has 1 aliphatic heterocycles. The molecule has 0 aromatic carbocycles. The third kappa shape index (κ3) is 2.01. The molecule has 0 spiro atoms. The zero-order chi connectivity index (χ0) is 11.7. The number of anilines is 1. The number of hydrogen-bond donors (Lipinski definition) is 1. The van der Waals surface area contributed by atoms with Gasteiger partial charge in [0.15, 0.2) is 10.3 Å². The van der Waals surface area contributed by atoms with Gasteiger partial charge in [-0.3, -0.25) is 0 Å². The highest BCUT2D eigenvalue weighted by atomic mass is 35.5. The van der Waals surface area contributed by atoms with E-state index in [0.29, 0.717) is 28.5 Å². The third-order valence-corrected chi connectivity index (χ3v) is 4.30. The van der Waals surface area contributed by atoms with Crippen LogP contribution in [0.1, 0.15) is 18.2 Å². The quantitative estimate of drug-likeness (QED) is 0.877. The number of nitrogens with zero attached hydrogens (tertiary/aromatic N) is 3. The molecule has 1 saturated heterocycles. The van der Waals surface area contributed by atoms with Gasteiger partial charge < -0.3 is 10.6 Å². The standard InChI is InChI=1S/C10H13ClN4S/c1-6-2-7(3-12)5-15(6)10-14-9(11)8(4-13)16-10/h6-7H,2-3,5,12H2,1H3. The Bertz CT molecular complexity index is 425. The fourth-order valence-electron chi connectivity index (χ4n) is 2.06. The van der Waals surface area contributed by atoms with Gasteiger partial charge in [-0.15, -0.1) is 0 Å². The molecule has 2 heterocycles. The van der Waals surface area contributed by atoms with E-state index in [9.17, 15) is 0 Å². The Hall–Kier alpha value is -0.830. The van der Waals surface area contributed by atoms with Crippen LogP contribution in [0.5, 0.6) is 0 Å².